The Morgan fingerprint density at radius 1 is 1.53 bits per heavy atom. The highest BCUT2D eigenvalue weighted by atomic mass is 19.1. The smallest absolute Gasteiger partial charge is 0.146 e. The van der Waals surface area contributed by atoms with Crippen LogP contribution in [0, 0.1) is 5.82 Å². The molecule has 2 unspecified atom stereocenters. The van der Waals surface area contributed by atoms with Gasteiger partial charge in [-0.15, -0.1) is 0 Å². The van der Waals surface area contributed by atoms with Crippen LogP contribution in [0.5, 0.6) is 0 Å². The van der Waals surface area contributed by atoms with Crippen LogP contribution in [-0.4, -0.2) is 54.6 Å². The van der Waals surface area contributed by atoms with E-state index in [0.717, 1.165) is 26.1 Å². The fourth-order valence-corrected chi connectivity index (χ4v) is 2.58. The first kappa shape index (κ1) is 14.3. The molecular weight excluding hydrogens is 245 g/mol. The van der Waals surface area contributed by atoms with Gasteiger partial charge in [-0.3, -0.25) is 16.3 Å². The standard InChI is InChI=1S/C13H22FN5/c1-18-5-6-19(2)10(9-18)7-13(17-15)11-3-4-16-8-12(11)14/h3-4,8,10,13,17H,5-7,9,15H2,1-2H3. The van der Waals surface area contributed by atoms with Crippen molar-refractivity contribution in [2.75, 3.05) is 33.7 Å². The van der Waals surface area contributed by atoms with Crippen LogP contribution in [0.2, 0.25) is 0 Å². The maximum Gasteiger partial charge on any atom is 0.146 e. The van der Waals surface area contributed by atoms with Crippen LogP contribution in [0.4, 0.5) is 4.39 Å². The second-order valence-electron chi connectivity index (χ2n) is 5.25. The third-order valence-corrected chi connectivity index (χ3v) is 3.87. The van der Waals surface area contributed by atoms with Crippen molar-refractivity contribution in [1.29, 1.82) is 0 Å². The maximum atomic E-state index is 13.8. The van der Waals surface area contributed by atoms with Crippen LogP contribution in [0.25, 0.3) is 0 Å². The van der Waals surface area contributed by atoms with Gasteiger partial charge in [-0.25, -0.2) is 4.39 Å². The summed E-state index contributed by atoms with van der Waals surface area (Å²) in [6.45, 7) is 3.07. The van der Waals surface area contributed by atoms with E-state index in [0.29, 0.717) is 11.6 Å². The molecule has 0 amide bonds. The monoisotopic (exact) mass is 267 g/mol. The zero-order valence-electron chi connectivity index (χ0n) is 11.5. The fourth-order valence-electron chi connectivity index (χ4n) is 2.58. The van der Waals surface area contributed by atoms with Gasteiger partial charge in [-0.05, 0) is 26.6 Å². The SMILES string of the molecule is CN1CCN(C)C(CC(NN)c2ccncc2F)C1. The van der Waals surface area contributed by atoms with Gasteiger partial charge >= 0.3 is 0 Å². The van der Waals surface area contributed by atoms with Crippen LogP contribution in [-0.2, 0) is 0 Å². The molecule has 3 N–H and O–H groups in total. The van der Waals surface area contributed by atoms with Gasteiger partial charge in [0.25, 0.3) is 0 Å². The van der Waals surface area contributed by atoms with Crippen LogP contribution in [0.1, 0.15) is 18.0 Å². The van der Waals surface area contributed by atoms with E-state index in [1.807, 2.05) is 0 Å². The Morgan fingerprint density at radius 2 is 2.32 bits per heavy atom. The molecule has 1 aliphatic heterocycles. The minimum absolute atomic E-state index is 0.193. The van der Waals surface area contributed by atoms with Crippen molar-refractivity contribution in [1.82, 2.24) is 20.2 Å². The highest BCUT2D eigenvalue weighted by Crippen LogP contribution is 2.23. The second kappa shape index (κ2) is 6.38. The molecule has 0 aromatic carbocycles. The molecule has 0 aliphatic carbocycles. The predicted molar refractivity (Wildman–Crippen MR) is 72.8 cm³/mol. The number of pyridine rings is 1. The Hall–Kier alpha value is -1.08. The number of nitrogens with two attached hydrogens (primary N) is 1. The van der Waals surface area contributed by atoms with Crippen LogP contribution < -0.4 is 11.3 Å². The molecule has 106 valence electrons. The van der Waals surface area contributed by atoms with Crippen molar-refractivity contribution in [3.8, 4) is 0 Å². The average Bonchev–Trinajstić information content (AvgIpc) is 2.41. The number of piperazine rings is 1. The number of nitrogens with zero attached hydrogens (tertiary/aromatic N) is 3. The predicted octanol–water partition coefficient (Wildman–Crippen LogP) is 0.361. The fraction of sp³-hybridized carbons (Fsp3) is 0.615. The minimum Gasteiger partial charge on any atom is -0.304 e. The van der Waals surface area contributed by atoms with Gasteiger partial charge in [-0.2, -0.15) is 0 Å². The lowest BCUT2D eigenvalue weighted by Gasteiger charge is -2.39. The molecule has 0 spiro atoms. The number of nitrogens with one attached hydrogen (secondary N) is 1. The lowest BCUT2D eigenvalue weighted by atomic mass is 9.98. The molecule has 6 heteroatoms. The Morgan fingerprint density at radius 3 is 3.00 bits per heavy atom. The highest BCUT2D eigenvalue weighted by Gasteiger charge is 2.26. The summed E-state index contributed by atoms with van der Waals surface area (Å²) in [5.74, 6) is 5.29. The third kappa shape index (κ3) is 3.48. The van der Waals surface area contributed by atoms with Crippen molar-refractivity contribution in [2.45, 2.75) is 18.5 Å². The highest BCUT2D eigenvalue weighted by molar-refractivity contribution is 5.17. The number of aromatic nitrogens is 1. The maximum absolute atomic E-state index is 13.8. The minimum atomic E-state index is -0.308. The Balaban J connectivity index is 2.08. The van der Waals surface area contributed by atoms with Gasteiger partial charge in [0, 0.05) is 37.4 Å². The molecular formula is C13H22FN5. The summed E-state index contributed by atoms with van der Waals surface area (Å²) in [4.78, 5) is 8.37. The van der Waals surface area contributed by atoms with Crippen LogP contribution in [0.15, 0.2) is 18.5 Å². The number of hydrogen-bond acceptors (Lipinski definition) is 5. The number of halogens is 1. The topological polar surface area (TPSA) is 57.4 Å². The summed E-state index contributed by atoms with van der Waals surface area (Å²) < 4.78 is 13.8. The zero-order chi connectivity index (χ0) is 13.8. The zero-order valence-corrected chi connectivity index (χ0v) is 11.5. The second-order valence-corrected chi connectivity index (χ2v) is 5.25. The molecule has 5 nitrogen and oxygen atoms in total. The largest absolute Gasteiger partial charge is 0.304 e. The summed E-state index contributed by atoms with van der Waals surface area (Å²) >= 11 is 0. The van der Waals surface area contributed by atoms with Crippen molar-refractivity contribution in [2.24, 2.45) is 5.84 Å². The van der Waals surface area contributed by atoms with E-state index in [1.54, 1.807) is 12.3 Å². The summed E-state index contributed by atoms with van der Waals surface area (Å²) in [5, 5.41) is 0. The Kier molecular flexibility index (Phi) is 4.81. The quantitative estimate of drug-likeness (QED) is 0.609. The lowest BCUT2D eigenvalue weighted by Crippen LogP contribution is -2.51. The molecule has 1 aliphatic rings. The van der Waals surface area contributed by atoms with Crippen molar-refractivity contribution in [3.63, 3.8) is 0 Å². The number of rotatable bonds is 4. The Bertz CT molecular complexity index is 414. The number of likely N-dealkylation sites (N-methyl/N-ethyl adjacent to an activating group) is 2. The van der Waals surface area contributed by atoms with E-state index in [-0.39, 0.29) is 11.9 Å². The van der Waals surface area contributed by atoms with Crippen molar-refractivity contribution < 1.29 is 4.39 Å². The number of hydrogen-bond donors (Lipinski definition) is 2. The molecule has 2 rings (SSSR count). The first-order valence-corrected chi connectivity index (χ1v) is 6.56. The third-order valence-electron chi connectivity index (χ3n) is 3.87. The molecule has 19 heavy (non-hydrogen) atoms. The molecule has 1 fully saturated rings. The molecule has 0 bridgehead atoms. The summed E-state index contributed by atoms with van der Waals surface area (Å²) in [6.07, 6.45) is 3.61. The van der Waals surface area contributed by atoms with E-state index in [1.165, 1.54) is 6.20 Å². The van der Waals surface area contributed by atoms with Gasteiger partial charge in [0.1, 0.15) is 5.82 Å². The molecule has 2 atom stereocenters. The molecule has 1 aromatic rings. The lowest BCUT2D eigenvalue weighted by molar-refractivity contribution is 0.101. The molecule has 0 radical (unpaired) electrons. The molecule has 2 heterocycles. The Labute approximate surface area is 113 Å². The number of hydrazine groups is 1. The van der Waals surface area contributed by atoms with Crippen molar-refractivity contribution in [3.05, 3.63) is 29.8 Å². The van der Waals surface area contributed by atoms with Gasteiger partial charge in [0.15, 0.2) is 0 Å². The van der Waals surface area contributed by atoms with Gasteiger partial charge in [0.2, 0.25) is 0 Å². The van der Waals surface area contributed by atoms with Gasteiger partial charge in [-0.1, -0.05) is 0 Å². The van der Waals surface area contributed by atoms with E-state index >= 15 is 0 Å². The van der Waals surface area contributed by atoms with Crippen LogP contribution >= 0.6 is 0 Å². The van der Waals surface area contributed by atoms with Crippen molar-refractivity contribution >= 4 is 0 Å². The first-order valence-electron chi connectivity index (χ1n) is 6.56. The van der Waals surface area contributed by atoms with E-state index in [2.05, 4.69) is 34.3 Å². The van der Waals surface area contributed by atoms with Gasteiger partial charge < -0.3 is 9.80 Å². The van der Waals surface area contributed by atoms with E-state index < -0.39 is 0 Å². The summed E-state index contributed by atoms with van der Waals surface area (Å²) in [5.41, 5.74) is 3.31. The average molecular weight is 267 g/mol. The summed E-state index contributed by atoms with van der Waals surface area (Å²) in [6, 6.07) is 1.86. The molecule has 1 aromatic heterocycles. The summed E-state index contributed by atoms with van der Waals surface area (Å²) in [7, 11) is 4.21. The normalized spacial score (nSPS) is 23.5. The van der Waals surface area contributed by atoms with E-state index in [9.17, 15) is 4.39 Å². The molecule has 0 saturated carbocycles. The van der Waals surface area contributed by atoms with Crippen LogP contribution in [0.3, 0.4) is 0 Å². The van der Waals surface area contributed by atoms with Gasteiger partial charge in [0.05, 0.1) is 12.2 Å². The molecule has 1 saturated heterocycles. The first-order chi connectivity index (χ1) is 9.11. The van der Waals surface area contributed by atoms with E-state index in [4.69, 9.17) is 5.84 Å².